The van der Waals surface area contributed by atoms with Crippen LogP contribution in [0.15, 0.2) is 16.5 Å². The normalized spacial score (nSPS) is 30.5. The molecule has 1 saturated carbocycles. The Bertz CT molecular complexity index is 596. The summed E-state index contributed by atoms with van der Waals surface area (Å²) in [5, 5.41) is 0. The molecule has 6 heteroatoms. The van der Waals surface area contributed by atoms with Gasteiger partial charge >= 0.3 is 0 Å². The van der Waals surface area contributed by atoms with E-state index in [9.17, 15) is 8.42 Å². The zero-order valence-corrected chi connectivity index (χ0v) is 13.5. The molecule has 0 radical (unpaired) electrons. The molecule has 1 aliphatic carbocycles. The Morgan fingerprint density at radius 3 is 2.86 bits per heavy atom. The van der Waals surface area contributed by atoms with Crippen molar-refractivity contribution in [1.82, 2.24) is 9.62 Å². The van der Waals surface area contributed by atoms with Crippen LogP contribution in [0.1, 0.15) is 43.6 Å². The smallest absolute Gasteiger partial charge is 0.208 e. The fraction of sp³-hybridized carbons (Fsp3) is 0.733. The summed E-state index contributed by atoms with van der Waals surface area (Å²) in [7, 11) is -3.13. The molecule has 0 bridgehead atoms. The van der Waals surface area contributed by atoms with Gasteiger partial charge in [0.05, 0.1) is 12.8 Å². The van der Waals surface area contributed by atoms with Gasteiger partial charge in [0, 0.05) is 18.5 Å². The van der Waals surface area contributed by atoms with Gasteiger partial charge in [0.2, 0.25) is 10.0 Å². The van der Waals surface area contributed by atoms with Crippen molar-refractivity contribution < 1.29 is 12.8 Å². The molecule has 118 valence electrons. The van der Waals surface area contributed by atoms with Crippen molar-refractivity contribution in [2.24, 2.45) is 5.92 Å². The van der Waals surface area contributed by atoms with Crippen LogP contribution < -0.4 is 4.72 Å². The van der Waals surface area contributed by atoms with E-state index in [1.807, 2.05) is 0 Å². The van der Waals surface area contributed by atoms with Crippen LogP contribution in [-0.2, 0) is 16.6 Å². The molecule has 0 aromatic carbocycles. The van der Waals surface area contributed by atoms with Gasteiger partial charge < -0.3 is 4.42 Å². The molecule has 1 aromatic rings. The van der Waals surface area contributed by atoms with E-state index in [-0.39, 0.29) is 6.04 Å². The molecule has 0 amide bonds. The van der Waals surface area contributed by atoms with E-state index in [2.05, 4.69) is 28.7 Å². The first kappa shape index (κ1) is 15.1. The first-order chi connectivity index (χ1) is 9.90. The Kier molecular flexibility index (Phi) is 4.12. The van der Waals surface area contributed by atoms with Crippen molar-refractivity contribution in [3.8, 4) is 0 Å². The lowest BCUT2D eigenvalue weighted by Gasteiger charge is -2.32. The molecule has 1 aliphatic heterocycles. The average Bonchev–Trinajstić information content (AvgIpc) is 2.93. The molecule has 2 aliphatic rings. The van der Waals surface area contributed by atoms with Gasteiger partial charge in [0.1, 0.15) is 11.5 Å². The highest BCUT2D eigenvalue weighted by molar-refractivity contribution is 7.88. The molecule has 21 heavy (non-hydrogen) atoms. The minimum absolute atomic E-state index is 0.0200. The molecule has 3 atom stereocenters. The Labute approximate surface area is 126 Å². The van der Waals surface area contributed by atoms with E-state index in [1.54, 1.807) is 0 Å². The van der Waals surface area contributed by atoms with Crippen LogP contribution in [0.2, 0.25) is 0 Å². The quantitative estimate of drug-likeness (QED) is 0.902. The van der Waals surface area contributed by atoms with E-state index in [1.165, 1.54) is 12.7 Å². The second kappa shape index (κ2) is 5.74. The van der Waals surface area contributed by atoms with Gasteiger partial charge in [0.25, 0.3) is 0 Å². The summed E-state index contributed by atoms with van der Waals surface area (Å²) in [5.74, 6) is 3.46. The molecule has 3 rings (SSSR count). The van der Waals surface area contributed by atoms with Gasteiger partial charge in [-0.1, -0.05) is 6.92 Å². The summed E-state index contributed by atoms with van der Waals surface area (Å²) in [4.78, 5) is 2.27. The third kappa shape index (κ3) is 4.08. The maximum atomic E-state index is 11.3. The SMILES string of the molecule is C[C@@H]1C[C@@H]1c1ccc(CN2CCC[C@@H](NS(C)(=O)=O)C2)o1. The second-order valence-corrected chi connectivity index (χ2v) is 8.37. The lowest BCUT2D eigenvalue weighted by atomic mass is 10.1. The van der Waals surface area contributed by atoms with Crippen molar-refractivity contribution in [2.45, 2.75) is 44.7 Å². The first-order valence-corrected chi connectivity index (χ1v) is 9.58. The Morgan fingerprint density at radius 2 is 2.19 bits per heavy atom. The Morgan fingerprint density at radius 1 is 1.43 bits per heavy atom. The highest BCUT2D eigenvalue weighted by Gasteiger charge is 2.36. The minimum Gasteiger partial charge on any atom is -0.464 e. The summed E-state index contributed by atoms with van der Waals surface area (Å²) in [6.45, 7) is 4.77. The van der Waals surface area contributed by atoms with E-state index < -0.39 is 10.0 Å². The molecule has 0 unspecified atom stereocenters. The topological polar surface area (TPSA) is 62.6 Å². The highest BCUT2D eigenvalue weighted by Crippen LogP contribution is 2.47. The summed E-state index contributed by atoms with van der Waals surface area (Å²) < 4.78 is 31.3. The molecular formula is C15H24N2O3S. The van der Waals surface area contributed by atoms with Crippen LogP contribution in [-0.4, -0.2) is 38.7 Å². The second-order valence-electron chi connectivity index (χ2n) is 6.59. The fourth-order valence-electron chi connectivity index (χ4n) is 3.22. The standard InChI is InChI=1S/C15H24N2O3S/c1-11-8-14(11)15-6-5-13(20-15)10-17-7-3-4-12(9-17)16-21(2,18)19/h5-6,11-12,14,16H,3-4,7-10H2,1-2H3/t11-,12-,14+/m1/s1. The van der Waals surface area contributed by atoms with Crippen molar-refractivity contribution >= 4 is 10.0 Å². The van der Waals surface area contributed by atoms with Crippen LogP contribution in [0, 0.1) is 5.92 Å². The molecule has 1 saturated heterocycles. The van der Waals surface area contributed by atoms with Crippen LogP contribution in [0.25, 0.3) is 0 Å². The zero-order chi connectivity index (χ0) is 15.0. The maximum absolute atomic E-state index is 11.3. The van der Waals surface area contributed by atoms with E-state index in [4.69, 9.17) is 4.42 Å². The monoisotopic (exact) mass is 312 g/mol. The molecule has 2 heterocycles. The number of piperidine rings is 1. The number of hydrogen-bond donors (Lipinski definition) is 1. The van der Waals surface area contributed by atoms with E-state index in [0.29, 0.717) is 5.92 Å². The molecule has 1 N–H and O–H groups in total. The molecule has 2 fully saturated rings. The van der Waals surface area contributed by atoms with Crippen LogP contribution in [0.5, 0.6) is 0 Å². The number of nitrogens with zero attached hydrogens (tertiary/aromatic N) is 1. The predicted octanol–water partition coefficient (Wildman–Crippen LogP) is 1.92. The molecule has 5 nitrogen and oxygen atoms in total. The number of nitrogens with one attached hydrogen (secondary N) is 1. The van der Waals surface area contributed by atoms with Crippen molar-refractivity contribution in [3.05, 3.63) is 23.7 Å². The maximum Gasteiger partial charge on any atom is 0.208 e. The van der Waals surface area contributed by atoms with Crippen molar-refractivity contribution in [1.29, 1.82) is 0 Å². The predicted molar refractivity (Wildman–Crippen MR) is 81.5 cm³/mol. The minimum atomic E-state index is -3.13. The number of hydrogen-bond acceptors (Lipinski definition) is 4. The number of sulfonamides is 1. The molecule has 1 aromatic heterocycles. The van der Waals surface area contributed by atoms with Gasteiger partial charge in [-0.05, 0) is 43.9 Å². The number of likely N-dealkylation sites (tertiary alicyclic amines) is 1. The summed E-state index contributed by atoms with van der Waals surface area (Å²) in [6, 6.07) is 4.18. The Hall–Kier alpha value is -0.850. The highest BCUT2D eigenvalue weighted by atomic mass is 32.2. The van der Waals surface area contributed by atoms with Crippen molar-refractivity contribution in [2.75, 3.05) is 19.3 Å². The summed E-state index contributed by atoms with van der Waals surface area (Å²) in [5.41, 5.74) is 0. The van der Waals surface area contributed by atoms with Gasteiger partial charge in [-0.25, -0.2) is 13.1 Å². The average molecular weight is 312 g/mol. The van der Waals surface area contributed by atoms with Crippen molar-refractivity contribution in [3.63, 3.8) is 0 Å². The van der Waals surface area contributed by atoms with Crippen LogP contribution in [0.4, 0.5) is 0 Å². The summed E-state index contributed by atoms with van der Waals surface area (Å²) >= 11 is 0. The van der Waals surface area contributed by atoms with E-state index >= 15 is 0 Å². The van der Waals surface area contributed by atoms with Gasteiger partial charge in [-0.3, -0.25) is 4.90 Å². The zero-order valence-electron chi connectivity index (χ0n) is 12.7. The van der Waals surface area contributed by atoms with Gasteiger partial charge in [0.15, 0.2) is 0 Å². The molecular weight excluding hydrogens is 288 g/mol. The lowest BCUT2D eigenvalue weighted by Crippen LogP contribution is -2.46. The summed E-state index contributed by atoms with van der Waals surface area (Å²) in [6.07, 6.45) is 4.38. The number of rotatable bonds is 5. The largest absolute Gasteiger partial charge is 0.464 e. The lowest BCUT2D eigenvalue weighted by molar-refractivity contribution is 0.181. The fourth-order valence-corrected chi connectivity index (χ4v) is 4.01. The van der Waals surface area contributed by atoms with Crippen LogP contribution in [0.3, 0.4) is 0 Å². The first-order valence-electron chi connectivity index (χ1n) is 7.69. The molecule has 0 spiro atoms. The van der Waals surface area contributed by atoms with E-state index in [0.717, 1.165) is 49.9 Å². The van der Waals surface area contributed by atoms with Gasteiger partial charge in [-0.2, -0.15) is 0 Å². The Balaban J connectivity index is 1.56. The number of furan rings is 1. The third-order valence-corrected chi connectivity index (χ3v) is 5.18. The van der Waals surface area contributed by atoms with Gasteiger partial charge in [-0.15, -0.1) is 0 Å². The van der Waals surface area contributed by atoms with Crippen LogP contribution >= 0.6 is 0 Å². The third-order valence-electron chi connectivity index (χ3n) is 4.42.